The Morgan fingerprint density at radius 3 is 1.78 bits per heavy atom. The molecule has 4 heterocycles. The molecule has 2 aromatic carbocycles. The van der Waals surface area contributed by atoms with E-state index >= 15 is 0 Å². The van der Waals surface area contributed by atoms with Crippen LogP contribution in [0.3, 0.4) is 0 Å². The van der Waals surface area contributed by atoms with Crippen molar-refractivity contribution < 1.29 is 23.3 Å². The van der Waals surface area contributed by atoms with E-state index in [1.807, 2.05) is 30.0 Å². The Morgan fingerprint density at radius 2 is 1.25 bits per heavy atom. The number of pyridine rings is 2. The number of rotatable bonds is 4. The molecule has 0 N–H and O–H groups in total. The number of carbonyl (C=O) groups is 2. The van der Waals surface area contributed by atoms with Crippen LogP contribution in [0.1, 0.15) is 109 Å². The van der Waals surface area contributed by atoms with Gasteiger partial charge in [-0.15, -0.1) is 11.8 Å². The highest BCUT2D eigenvalue weighted by atomic mass is 32.2. The lowest BCUT2D eigenvalue weighted by Gasteiger charge is -2.32. The van der Waals surface area contributed by atoms with Gasteiger partial charge in [0.15, 0.2) is 0 Å². The van der Waals surface area contributed by atoms with Crippen LogP contribution in [-0.4, -0.2) is 50.8 Å². The molecule has 1 unspecified atom stereocenters. The molecule has 0 aliphatic carbocycles. The van der Waals surface area contributed by atoms with E-state index in [0.717, 1.165) is 28.0 Å². The molecule has 0 saturated carbocycles. The van der Waals surface area contributed by atoms with Gasteiger partial charge >= 0.3 is 11.9 Å². The maximum atomic E-state index is 12.2. The zero-order chi connectivity index (χ0) is 36.6. The highest BCUT2D eigenvalue weighted by Gasteiger charge is 2.31. The zero-order valence-corrected chi connectivity index (χ0v) is 31.6. The van der Waals surface area contributed by atoms with Gasteiger partial charge in [0, 0.05) is 39.1 Å². The maximum Gasteiger partial charge on any atom is 0.339 e. The SMILES string of the molecule is CCOC(=O)c1ccc(C#Cc2ccc3c(c2)C(C)(C)CCS3)nc1.CCOC(=O)c1ccc(C#Cc2ccc3c(c2)C(C)(C)CCS3=O)nc1. The minimum atomic E-state index is -0.923. The van der Waals surface area contributed by atoms with Crippen molar-refractivity contribution >= 4 is 34.5 Å². The van der Waals surface area contributed by atoms with Crippen LogP contribution in [0.15, 0.2) is 82.8 Å². The Morgan fingerprint density at radius 1 is 0.725 bits per heavy atom. The van der Waals surface area contributed by atoms with Gasteiger partial charge in [-0.1, -0.05) is 39.5 Å². The average Bonchev–Trinajstić information content (AvgIpc) is 3.12. The first kappa shape index (κ1) is 37.6. The Labute approximate surface area is 307 Å². The first-order chi connectivity index (χ1) is 24.4. The fraction of sp³-hybridized carbons (Fsp3) is 0.333. The third kappa shape index (κ3) is 9.55. The van der Waals surface area contributed by atoms with E-state index in [1.54, 1.807) is 38.1 Å². The molecule has 262 valence electrons. The molecule has 2 aliphatic heterocycles. The van der Waals surface area contributed by atoms with E-state index in [9.17, 15) is 13.8 Å². The van der Waals surface area contributed by atoms with Crippen molar-refractivity contribution in [1.29, 1.82) is 0 Å². The zero-order valence-electron chi connectivity index (χ0n) is 29.9. The fourth-order valence-electron chi connectivity index (χ4n) is 5.62. The van der Waals surface area contributed by atoms with Gasteiger partial charge in [-0.25, -0.2) is 19.6 Å². The first-order valence-electron chi connectivity index (χ1n) is 17.0. The summed E-state index contributed by atoms with van der Waals surface area (Å²) in [6.45, 7) is 13.2. The van der Waals surface area contributed by atoms with Crippen LogP contribution in [0, 0.1) is 23.7 Å². The molecule has 2 aromatic heterocycles. The van der Waals surface area contributed by atoms with Gasteiger partial charge in [0.05, 0.1) is 35.1 Å². The number of hydrogen-bond donors (Lipinski definition) is 0. The standard InChI is InChI=1S/C21H21NO3S.C21H21NO2S/c1-4-25-20(23)16-7-9-17(22-14-16)8-5-15-6-10-19-18(13-15)21(2,3)11-12-26(19)24;1-4-24-20(23)16-7-9-17(22-14-16)8-5-15-6-10-19-18(13-15)21(2,3)11-12-25-19/h6-7,9-10,13-14H,4,11-12H2,1-3H3;6-7,9-10,13-14H,4,11-12H2,1-3H3. The summed E-state index contributed by atoms with van der Waals surface area (Å²) in [5.74, 6) is 13.5. The minimum Gasteiger partial charge on any atom is -0.462 e. The minimum absolute atomic E-state index is 0.000467. The predicted molar refractivity (Wildman–Crippen MR) is 203 cm³/mol. The van der Waals surface area contributed by atoms with Crippen molar-refractivity contribution in [2.75, 3.05) is 24.7 Å². The second-order valence-corrected chi connectivity index (χ2v) is 16.1. The Hall–Kier alpha value is -4.70. The topological polar surface area (TPSA) is 95.5 Å². The van der Waals surface area contributed by atoms with Crippen molar-refractivity contribution in [3.05, 3.63) is 118 Å². The van der Waals surface area contributed by atoms with Crippen LogP contribution in [0.5, 0.6) is 0 Å². The molecular formula is C42H42N2O5S2. The molecule has 0 radical (unpaired) electrons. The summed E-state index contributed by atoms with van der Waals surface area (Å²) in [6, 6.07) is 19.1. The van der Waals surface area contributed by atoms with Gasteiger partial charge in [-0.05, 0) is 127 Å². The lowest BCUT2D eigenvalue weighted by molar-refractivity contribution is 0.0516. The van der Waals surface area contributed by atoms with Gasteiger partial charge in [-0.3, -0.25) is 4.21 Å². The van der Waals surface area contributed by atoms with Crippen LogP contribution in [-0.2, 0) is 31.1 Å². The van der Waals surface area contributed by atoms with Crippen molar-refractivity contribution in [2.45, 2.75) is 75.0 Å². The highest BCUT2D eigenvalue weighted by molar-refractivity contribution is 7.99. The second kappa shape index (κ2) is 16.5. The molecule has 9 heteroatoms. The van der Waals surface area contributed by atoms with E-state index in [4.69, 9.17) is 9.47 Å². The largest absolute Gasteiger partial charge is 0.462 e. The van der Waals surface area contributed by atoms with Crippen LogP contribution >= 0.6 is 11.8 Å². The maximum absolute atomic E-state index is 12.2. The van der Waals surface area contributed by atoms with Gasteiger partial charge < -0.3 is 9.47 Å². The number of ether oxygens (including phenoxy) is 2. The van der Waals surface area contributed by atoms with Crippen molar-refractivity contribution in [3.8, 4) is 23.7 Å². The first-order valence-corrected chi connectivity index (χ1v) is 19.3. The lowest BCUT2D eigenvalue weighted by Crippen LogP contribution is -2.27. The molecule has 0 fully saturated rings. The van der Waals surface area contributed by atoms with Crippen LogP contribution in [0.4, 0.5) is 0 Å². The number of benzene rings is 2. The quantitative estimate of drug-likeness (QED) is 0.155. The van der Waals surface area contributed by atoms with E-state index in [0.29, 0.717) is 41.5 Å². The molecule has 0 saturated heterocycles. The number of carbonyl (C=O) groups excluding carboxylic acids is 2. The second-order valence-electron chi connectivity index (χ2n) is 13.4. The molecule has 6 rings (SSSR count). The van der Waals surface area contributed by atoms with E-state index in [-0.39, 0.29) is 22.8 Å². The summed E-state index contributed by atoms with van der Waals surface area (Å²) in [5.41, 5.74) is 6.62. The Balaban J connectivity index is 0.000000198. The summed E-state index contributed by atoms with van der Waals surface area (Å²) < 4.78 is 22.1. The van der Waals surface area contributed by atoms with Crippen LogP contribution < -0.4 is 0 Å². The van der Waals surface area contributed by atoms with E-state index in [2.05, 4.69) is 79.5 Å². The summed E-state index contributed by atoms with van der Waals surface area (Å²) in [7, 11) is -0.923. The third-order valence-electron chi connectivity index (χ3n) is 8.78. The van der Waals surface area contributed by atoms with Gasteiger partial charge in [0.1, 0.15) is 11.4 Å². The number of hydrogen-bond acceptors (Lipinski definition) is 8. The van der Waals surface area contributed by atoms with Crippen molar-refractivity contribution in [2.24, 2.45) is 0 Å². The number of thioether (sulfide) groups is 1. The van der Waals surface area contributed by atoms with E-state index in [1.165, 1.54) is 35.0 Å². The van der Waals surface area contributed by atoms with Gasteiger partial charge in [0.25, 0.3) is 0 Å². The summed E-state index contributed by atoms with van der Waals surface area (Å²) in [5, 5.41) is 0. The summed E-state index contributed by atoms with van der Waals surface area (Å²) in [4.78, 5) is 34.0. The van der Waals surface area contributed by atoms with Crippen molar-refractivity contribution in [1.82, 2.24) is 9.97 Å². The van der Waals surface area contributed by atoms with Gasteiger partial charge in [-0.2, -0.15) is 0 Å². The average molecular weight is 719 g/mol. The fourth-order valence-corrected chi connectivity index (χ4v) is 8.82. The molecule has 4 aromatic rings. The molecule has 51 heavy (non-hydrogen) atoms. The lowest BCUT2D eigenvalue weighted by atomic mass is 9.81. The number of aromatic nitrogens is 2. The molecule has 0 spiro atoms. The van der Waals surface area contributed by atoms with Gasteiger partial charge in [0.2, 0.25) is 0 Å². The Kier molecular flexibility index (Phi) is 12.2. The monoisotopic (exact) mass is 718 g/mol. The molecule has 0 bridgehead atoms. The van der Waals surface area contributed by atoms with Crippen LogP contribution in [0.2, 0.25) is 0 Å². The summed E-state index contributed by atoms with van der Waals surface area (Å²) in [6.07, 6.45) is 5.06. The molecule has 7 nitrogen and oxygen atoms in total. The number of fused-ring (bicyclic) bond motifs is 2. The molecule has 0 amide bonds. The number of esters is 2. The molecule has 2 aliphatic rings. The summed E-state index contributed by atoms with van der Waals surface area (Å²) >= 11 is 1.92. The normalized spacial score (nSPS) is 16.2. The smallest absolute Gasteiger partial charge is 0.339 e. The van der Waals surface area contributed by atoms with Crippen molar-refractivity contribution in [3.63, 3.8) is 0 Å². The molecular weight excluding hydrogens is 677 g/mol. The third-order valence-corrected chi connectivity index (χ3v) is 11.3. The predicted octanol–water partition coefficient (Wildman–Crippen LogP) is 7.88. The van der Waals surface area contributed by atoms with E-state index < -0.39 is 10.8 Å². The number of nitrogens with zero attached hydrogens (tertiary/aromatic N) is 2. The molecule has 1 atom stereocenters. The van der Waals surface area contributed by atoms with Crippen LogP contribution in [0.25, 0.3) is 0 Å². The highest BCUT2D eigenvalue weighted by Crippen LogP contribution is 2.41. The Bertz CT molecular complexity index is 2060.